The molecule has 0 saturated carbocycles. The number of aromatic amines is 1. The van der Waals surface area contributed by atoms with E-state index in [4.69, 9.17) is 0 Å². The molecule has 0 aliphatic carbocycles. The number of sulfone groups is 1. The summed E-state index contributed by atoms with van der Waals surface area (Å²) >= 11 is 1.24. The van der Waals surface area contributed by atoms with Crippen LogP contribution in [-0.4, -0.2) is 41.9 Å². The van der Waals surface area contributed by atoms with Crippen LogP contribution in [0.25, 0.3) is 10.2 Å². The first-order valence-electron chi connectivity index (χ1n) is 7.06. The highest BCUT2D eigenvalue weighted by molar-refractivity contribution is 7.91. The van der Waals surface area contributed by atoms with E-state index in [0.717, 1.165) is 4.57 Å². The largest absolute Gasteiger partial charge is 0.354 e. The molecule has 0 aromatic carbocycles. The van der Waals surface area contributed by atoms with Gasteiger partial charge < -0.3 is 10.3 Å². The van der Waals surface area contributed by atoms with Gasteiger partial charge in [0.05, 0.1) is 22.9 Å². The van der Waals surface area contributed by atoms with E-state index in [9.17, 15) is 22.8 Å². The maximum Gasteiger partial charge on any atom is 0.328 e. The van der Waals surface area contributed by atoms with Crippen LogP contribution in [0.4, 0.5) is 0 Å². The van der Waals surface area contributed by atoms with E-state index >= 15 is 0 Å². The van der Waals surface area contributed by atoms with E-state index in [0.29, 0.717) is 16.6 Å². The first kappa shape index (κ1) is 15.9. The highest BCUT2D eigenvalue weighted by atomic mass is 32.2. The van der Waals surface area contributed by atoms with Gasteiger partial charge in [0.2, 0.25) is 5.91 Å². The second-order valence-electron chi connectivity index (χ2n) is 5.44. The Hall–Kier alpha value is -1.94. The van der Waals surface area contributed by atoms with Crippen molar-refractivity contribution in [2.75, 3.05) is 18.1 Å². The molecule has 1 aliphatic heterocycles. The fourth-order valence-electron chi connectivity index (χ4n) is 2.61. The number of nitrogens with one attached hydrogen (secondary N) is 2. The van der Waals surface area contributed by atoms with Crippen LogP contribution in [-0.2, 0) is 21.2 Å². The summed E-state index contributed by atoms with van der Waals surface area (Å²) in [5, 5.41) is 4.31. The third kappa shape index (κ3) is 3.22. The molecule has 0 unspecified atom stereocenters. The molecule has 2 N–H and O–H groups in total. The molecule has 1 fully saturated rings. The van der Waals surface area contributed by atoms with Gasteiger partial charge in [0.1, 0.15) is 4.70 Å². The average Bonchev–Trinajstić information content (AvgIpc) is 3.08. The lowest BCUT2D eigenvalue weighted by Crippen LogP contribution is -2.40. The summed E-state index contributed by atoms with van der Waals surface area (Å²) in [5.74, 6) is -1.01. The highest BCUT2D eigenvalue weighted by Gasteiger charge is 2.32. The lowest BCUT2D eigenvalue weighted by atomic mass is 10.1. The molecule has 3 heterocycles. The van der Waals surface area contributed by atoms with Gasteiger partial charge in [-0.3, -0.25) is 14.2 Å². The predicted molar refractivity (Wildman–Crippen MR) is 86.5 cm³/mol. The molecule has 3 rings (SSSR count). The van der Waals surface area contributed by atoms with Crippen molar-refractivity contribution in [3.63, 3.8) is 0 Å². The summed E-state index contributed by atoms with van der Waals surface area (Å²) in [6.45, 7) is 0.127. The normalized spacial score (nSPS) is 19.9. The fraction of sp³-hybridized carbons (Fsp3) is 0.462. The van der Waals surface area contributed by atoms with Gasteiger partial charge in [0, 0.05) is 13.1 Å². The molecule has 23 heavy (non-hydrogen) atoms. The van der Waals surface area contributed by atoms with Gasteiger partial charge in [-0.1, -0.05) is 0 Å². The molecule has 1 amide bonds. The van der Waals surface area contributed by atoms with Gasteiger partial charge in [0.25, 0.3) is 5.56 Å². The Balaban J connectivity index is 1.66. The molecule has 0 bridgehead atoms. The summed E-state index contributed by atoms with van der Waals surface area (Å²) in [6, 6.07) is 1.66. The van der Waals surface area contributed by atoms with Crippen molar-refractivity contribution in [1.82, 2.24) is 14.9 Å². The SMILES string of the molecule is O=C(NCCn1c(=O)[nH]c2ccsc2c1=O)[C@@H]1CCS(=O)(=O)C1. The lowest BCUT2D eigenvalue weighted by Gasteiger charge is -2.10. The molecule has 2 aromatic heterocycles. The Morgan fingerprint density at radius 1 is 1.43 bits per heavy atom. The van der Waals surface area contributed by atoms with Crippen LogP contribution in [0.3, 0.4) is 0 Å². The van der Waals surface area contributed by atoms with Gasteiger partial charge in [-0.25, -0.2) is 13.2 Å². The zero-order valence-electron chi connectivity index (χ0n) is 12.1. The molecule has 10 heteroatoms. The second kappa shape index (κ2) is 5.93. The van der Waals surface area contributed by atoms with E-state index in [-0.39, 0.29) is 30.5 Å². The van der Waals surface area contributed by atoms with Crippen molar-refractivity contribution in [3.05, 3.63) is 32.3 Å². The summed E-state index contributed by atoms with van der Waals surface area (Å²) in [7, 11) is -3.12. The van der Waals surface area contributed by atoms with Gasteiger partial charge >= 0.3 is 5.69 Å². The number of hydrogen-bond donors (Lipinski definition) is 2. The molecule has 1 atom stereocenters. The van der Waals surface area contributed by atoms with Crippen LogP contribution in [0.1, 0.15) is 6.42 Å². The fourth-order valence-corrected chi connectivity index (χ4v) is 5.15. The number of amides is 1. The monoisotopic (exact) mass is 357 g/mol. The quantitative estimate of drug-likeness (QED) is 0.750. The standard InChI is InChI=1S/C13H15N3O5S2/c17-11(8-2-6-23(20,21)7-8)14-3-4-16-12(18)10-9(1-5-22-10)15-13(16)19/h1,5,8H,2-4,6-7H2,(H,14,17)(H,15,19)/t8-/m1/s1. The van der Waals surface area contributed by atoms with Crippen LogP contribution in [0.2, 0.25) is 0 Å². The van der Waals surface area contributed by atoms with E-state index in [2.05, 4.69) is 10.3 Å². The highest BCUT2D eigenvalue weighted by Crippen LogP contribution is 2.18. The number of fused-ring (bicyclic) bond motifs is 1. The molecule has 1 saturated heterocycles. The van der Waals surface area contributed by atoms with E-state index in [1.54, 1.807) is 11.4 Å². The molecule has 8 nitrogen and oxygen atoms in total. The molecule has 1 aliphatic rings. The first-order chi connectivity index (χ1) is 10.9. The van der Waals surface area contributed by atoms with Crippen molar-refractivity contribution in [1.29, 1.82) is 0 Å². The van der Waals surface area contributed by atoms with E-state index < -0.39 is 27.0 Å². The predicted octanol–water partition coefficient (Wildman–Crippen LogP) is -0.698. The summed E-state index contributed by atoms with van der Waals surface area (Å²) < 4.78 is 24.2. The number of rotatable bonds is 4. The van der Waals surface area contributed by atoms with Crippen molar-refractivity contribution < 1.29 is 13.2 Å². The molecule has 0 radical (unpaired) electrons. The zero-order valence-corrected chi connectivity index (χ0v) is 13.7. The third-order valence-electron chi connectivity index (χ3n) is 3.83. The Kier molecular flexibility index (Phi) is 4.11. The molecular weight excluding hydrogens is 342 g/mol. The number of carbonyl (C=O) groups excluding carboxylic acids is 1. The lowest BCUT2D eigenvalue weighted by molar-refractivity contribution is -0.124. The minimum Gasteiger partial charge on any atom is -0.354 e. The van der Waals surface area contributed by atoms with Crippen LogP contribution >= 0.6 is 11.3 Å². The van der Waals surface area contributed by atoms with Crippen LogP contribution in [0, 0.1) is 5.92 Å². The molecule has 2 aromatic rings. The number of carbonyl (C=O) groups is 1. The van der Waals surface area contributed by atoms with E-state index in [1.807, 2.05) is 0 Å². The maximum absolute atomic E-state index is 12.2. The topological polar surface area (TPSA) is 118 Å². The number of H-pyrrole nitrogens is 1. The van der Waals surface area contributed by atoms with Gasteiger partial charge in [-0.05, 0) is 17.9 Å². The van der Waals surface area contributed by atoms with Crippen molar-refractivity contribution >= 4 is 37.3 Å². The number of aromatic nitrogens is 2. The zero-order chi connectivity index (χ0) is 16.6. The Bertz CT molecular complexity index is 969. The van der Waals surface area contributed by atoms with Crippen molar-refractivity contribution in [2.45, 2.75) is 13.0 Å². The van der Waals surface area contributed by atoms with Crippen molar-refractivity contribution in [3.8, 4) is 0 Å². The average molecular weight is 357 g/mol. The Labute approximate surface area is 135 Å². The molecule has 124 valence electrons. The summed E-state index contributed by atoms with van der Waals surface area (Å²) in [5.41, 5.74) is -0.420. The van der Waals surface area contributed by atoms with Gasteiger partial charge in [-0.15, -0.1) is 11.3 Å². The Morgan fingerprint density at radius 3 is 2.91 bits per heavy atom. The van der Waals surface area contributed by atoms with Gasteiger partial charge in [-0.2, -0.15) is 0 Å². The first-order valence-corrected chi connectivity index (χ1v) is 9.76. The Morgan fingerprint density at radius 2 is 2.22 bits per heavy atom. The summed E-state index contributed by atoms with van der Waals surface area (Å²) in [6.07, 6.45) is 0.315. The number of nitrogens with zero attached hydrogens (tertiary/aromatic N) is 1. The van der Waals surface area contributed by atoms with Gasteiger partial charge in [0.15, 0.2) is 9.84 Å². The number of hydrogen-bond acceptors (Lipinski definition) is 6. The number of thiophene rings is 1. The van der Waals surface area contributed by atoms with Crippen LogP contribution in [0.5, 0.6) is 0 Å². The minimum absolute atomic E-state index is 0.0270. The van der Waals surface area contributed by atoms with Crippen LogP contribution < -0.4 is 16.6 Å². The molecule has 0 spiro atoms. The smallest absolute Gasteiger partial charge is 0.328 e. The van der Waals surface area contributed by atoms with E-state index in [1.165, 1.54) is 11.3 Å². The minimum atomic E-state index is -3.12. The van der Waals surface area contributed by atoms with Crippen LogP contribution in [0.15, 0.2) is 21.0 Å². The maximum atomic E-state index is 12.2. The third-order valence-corrected chi connectivity index (χ3v) is 6.50. The molecular formula is C13H15N3O5S2. The second-order valence-corrected chi connectivity index (χ2v) is 8.59. The summed E-state index contributed by atoms with van der Waals surface area (Å²) in [4.78, 5) is 38.6. The van der Waals surface area contributed by atoms with Crippen molar-refractivity contribution in [2.24, 2.45) is 5.92 Å².